The van der Waals surface area contributed by atoms with Crippen LogP contribution < -0.4 is 5.32 Å². The molecule has 1 fully saturated rings. The van der Waals surface area contributed by atoms with Crippen LogP contribution in [0.4, 0.5) is 0 Å². The van der Waals surface area contributed by atoms with Gasteiger partial charge < -0.3 is 9.88 Å². The van der Waals surface area contributed by atoms with E-state index in [0.29, 0.717) is 6.04 Å². The maximum atomic E-state index is 12.9. The molecular weight excluding hydrogens is 372 g/mol. The Morgan fingerprint density at radius 3 is 2.60 bits per heavy atom. The zero-order chi connectivity index (χ0) is 21.1. The van der Waals surface area contributed by atoms with E-state index in [4.69, 9.17) is 4.98 Å². The predicted octanol–water partition coefficient (Wildman–Crippen LogP) is 4.71. The van der Waals surface area contributed by atoms with Gasteiger partial charge in [-0.2, -0.15) is 0 Å². The van der Waals surface area contributed by atoms with E-state index in [-0.39, 0.29) is 17.9 Å². The molecule has 3 aromatic rings. The third kappa shape index (κ3) is 4.41. The average molecular weight is 405 g/mol. The van der Waals surface area contributed by atoms with Crippen LogP contribution in [0.5, 0.6) is 0 Å². The lowest BCUT2D eigenvalue weighted by atomic mass is 9.96. The molecule has 0 spiro atoms. The zero-order valence-corrected chi connectivity index (χ0v) is 18.2. The molecule has 0 unspecified atom stereocenters. The Morgan fingerprint density at radius 2 is 1.83 bits per heavy atom. The van der Waals surface area contributed by atoms with Crippen molar-refractivity contribution in [3.63, 3.8) is 0 Å². The van der Waals surface area contributed by atoms with E-state index >= 15 is 0 Å². The Labute approximate surface area is 179 Å². The molecule has 2 aromatic carbocycles. The van der Waals surface area contributed by atoms with Gasteiger partial charge in [-0.3, -0.25) is 9.69 Å². The minimum absolute atomic E-state index is 0.0271. The number of hydrogen-bond donors (Lipinski definition) is 1. The Kier molecular flexibility index (Phi) is 6.18. The van der Waals surface area contributed by atoms with Crippen molar-refractivity contribution in [3.8, 4) is 0 Å². The second-order valence-corrected chi connectivity index (χ2v) is 8.70. The molecule has 1 aliphatic rings. The summed E-state index contributed by atoms with van der Waals surface area (Å²) in [6.07, 6.45) is 1.99. The normalized spacial score (nSPS) is 18.6. The number of aromatic nitrogens is 2. The quantitative estimate of drug-likeness (QED) is 0.647. The van der Waals surface area contributed by atoms with E-state index in [2.05, 4.69) is 65.9 Å². The number of hydrogen-bond acceptors (Lipinski definition) is 3. The number of piperidine rings is 1. The van der Waals surface area contributed by atoms with Crippen molar-refractivity contribution < 1.29 is 4.79 Å². The summed E-state index contributed by atoms with van der Waals surface area (Å²) >= 11 is 0. The number of carbonyl (C=O) groups is 1. The van der Waals surface area contributed by atoms with E-state index in [0.717, 1.165) is 49.4 Å². The standard InChI is InChI=1S/C25H32N4O/c1-18(2)29-23-14-8-7-13-22(23)27-24(29)17-28-15-9-12-21(16-28)25(30)26-19(3)20-10-5-4-6-11-20/h4-8,10-11,13-14,18-19,21H,9,12,15-17H2,1-3H3,(H,26,30)/t19-,21+/m0/s1. The van der Waals surface area contributed by atoms with Gasteiger partial charge in [0.2, 0.25) is 5.91 Å². The lowest BCUT2D eigenvalue weighted by Crippen LogP contribution is -2.43. The third-order valence-corrected chi connectivity index (χ3v) is 6.08. The number of amides is 1. The molecule has 1 aromatic heterocycles. The Bertz CT molecular complexity index is 995. The largest absolute Gasteiger partial charge is 0.349 e. The highest BCUT2D eigenvalue weighted by Gasteiger charge is 2.28. The molecule has 4 rings (SSSR count). The van der Waals surface area contributed by atoms with Crippen LogP contribution in [-0.4, -0.2) is 33.4 Å². The first kappa shape index (κ1) is 20.6. The highest BCUT2D eigenvalue weighted by molar-refractivity contribution is 5.79. The molecule has 2 atom stereocenters. The second-order valence-electron chi connectivity index (χ2n) is 8.70. The molecule has 1 amide bonds. The maximum absolute atomic E-state index is 12.9. The van der Waals surface area contributed by atoms with Crippen LogP contribution in [0.1, 0.15) is 57.1 Å². The van der Waals surface area contributed by atoms with E-state index in [1.807, 2.05) is 24.3 Å². The monoisotopic (exact) mass is 404 g/mol. The van der Waals surface area contributed by atoms with Crippen LogP contribution >= 0.6 is 0 Å². The van der Waals surface area contributed by atoms with Gasteiger partial charge in [-0.05, 0) is 57.9 Å². The fraction of sp³-hybridized carbons (Fsp3) is 0.440. The van der Waals surface area contributed by atoms with Crippen LogP contribution in [0.15, 0.2) is 54.6 Å². The lowest BCUT2D eigenvalue weighted by molar-refractivity contribution is -0.127. The molecule has 1 N–H and O–H groups in total. The van der Waals surface area contributed by atoms with Gasteiger partial charge in [-0.15, -0.1) is 0 Å². The zero-order valence-electron chi connectivity index (χ0n) is 18.2. The Balaban J connectivity index is 1.44. The van der Waals surface area contributed by atoms with Crippen molar-refractivity contribution in [2.75, 3.05) is 13.1 Å². The van der Waals surface area contributed by atoms with E-state index in [1.165, 1.54) is 5.52 Å². The molecule has 0 radical (unpaired) electrons. The number of carbonyl (C=O) groups excluding carboxylic acids is 1. The molecular formula is C25H32N4O. The van der Waals surface area contributed by atoms with Crippen LogP contribution in [0, 0.1) is 5.92 Å². The summed E-state index contributed by atoms with van der Waals surface area (Å²) in [4.78, 5) is 20.2. The minimum Gasteiger partial charge on any atom is -0.349 e. The SMILES string of the molecule is CC(C)n1c(CN2CCC[C@@H](C(=O)N[C@@H](C)c3ccccc3)C2)nc2ccccc21. The topological polar surface area (TPSA) is 50.2 Å². The molecule has 158 valence electrons. The van der Waals surface area contributed by atoms with Crippen molar-refractivity contribution in [3.05, 3.63) is 66.0 Å². The predicted molar refractivity (Wildman–Crippen MR) is 121 cm³/mol. The molecule has 5 nitrogen and oxygen atoms in total. The van der Waals surface area contributed by atoms with Crippen molar-refractivity contribution in [1.82, 2.24) is 19.8 Å². The van der Waals surface area contributed by atoms with Gasteiger partial charge in [-0.1, -0.05) is 42.5 Å². The summed E-state index contributed by atoms with van der Waals surface area (Å²) < 4.78 is 2.33. The highest BCUT2D eigenvalue weighted by Crippen LogP contribution is 2.25. The first-order valence-electron chi connectivity index (χ1n) is 11.1. The first-order valence-corrected chi connectivity index (χ1v) is 11.1. The third-order valence-electron chi connectivity index (χ3n) is 6.08. The number of fused-ring (bicyclic) bond motifs is 1. The van der Waals surface area contributed by atoms with Crippen LogP contribution in [0.25, 0.3) is 11.0 Å². The molecule has 1 aliphatic heterocycles. The molecule has 1 saturated heterocycles. The summed E-state index contributed by atoms with van der Waals surface area (Å²) in [6, 6.07) is 18.9. The number of benzene rings is 2. The highest BCUT2D eigenvalue weighted by atomic mass is 16.2. The number of para-hydroxylation sites is 2. The summed E-state index contributed by atoms with van der Waals surface area (Å²) in [5.41, 5.74) is 3.37. The van der Waals surface area contributed by atoms with Gasteiger partial charge >= 0.3 is 0 Å². The summed E-state index contributed by atoms with van der Waals surface area (Å²) in [6.45, 7) is 9.04. The smallest absolute Gasteiger partial charge is 0.224 e. The van der Waals surface area contributed by atoms with Gasteiger partial charge in [0.1, 0.15) is 5.82 Å². The molecule has 0 bridgehead atoms. The van der Waals surface area contributed by atoms with Crippen LogP contribution in [0.3, 0.4) is 0 Å². The Hall–Kier alpha value is -2.66. The molecule has 30 heavy (non-hydrogen) atoms. The summed E-state index contributed by atoms with van der Waals surface area (Å²) in [5, 5.41) is 3.21. The van der Waals surface area contributed by atoms with Crippen molar-refractivity contribution >= 4 is 16.9 Å². The fourth-order valence-corrected chi connectivity index (χ4v) is 4.55. The number of imidazole rings is 1. The van der Waals surface area contributed by atoms with Crippen molar-refractivity contribution in [1.29, 1.82) is 0 Å². The van der Waals surface area contributed by atoms with Crippen LogP contribution in [-0.2, 0) is 11.3 Å². The average Bonchev–Trinajstić information content (AvgIpc) is 3.12. The Morgan fingerprint density at radius 1 is 1.10 bits per heavy atom. The van der Waals surface area contributed by atoms with E-state index in [1.54, 1.807) is 0 Å². The molecule has 0 aliphatic carbocycles. The summed E-state index contributed by atoms with van der Waals surface area (Å²) in [5.74, 6) is 1.28. The first-order chi connectivity index (χ1) is 14.5. The summed E-state index contributed by atoms with van der Waals surface area (Å²) in [7, 11) is 0. The van der Waals surface area contributed by atoms with Crippen molar-refractivity contribution in [2.45, 2.75) is 52.2 Å². The number of nitrogens with one attached hydrogen (secondary N) is 1. The van der Waals surface area contributed by atoms with Crippen molar-refractivity contribution in [2.24, 2.45) is 5.92 Å². The van der Waals surface area contributed by atoms with E-state index < -0.39 is 0 Å². The maximum Gasteiger partial charge on any atom is 0.224 e. The number of likely N-dealkylation sites (tertiary alicyclic amines) is 1. The number of rotatable bonds is 6. The second kappa shape index (κ2) is 9.00. The fourth-order valence-electron chi connectivity index (χ4n) is 4.55. The van der Waals surface area contributed by atoms with Crippen LogP contribution in [0.2, 0.25) is 0 Å². The number of nitrogens with zero attached hydrogens (tertiary/aromatic N) is 3. The van der Waals surface area contributed by atoms with E-state index in [9.17, 15) is 4.79 Å². The van der Waals surface area contributed by atoms with Gasteiger partial charge in [0.15, 0.2) is 0 Å². The lowest BCUT2D eigenvalue weighted by Gasteiger charge is -2.32. The van der Waals surface area contributed by atoms with Gasteiger partial charge in [0.05, 0.1) is 29.5 Å². The molecule has 5 heteroatoms. The van der Waals surface area contributed by atoms with Gasteiger partial charge in [0, 0.05) is 12.6 Å². The molecule has 0 saturated carbocycles. The van der Waals surface area contributed by atoms with Gasteiger partial charge in [-0.25, -0.2) is 4.98 Å². The molecule has 2 heterocycles. The van der Waals surface area contributed by atoms with Gasteiger partial charge in [0.25, 0.3) is 0 Å². The minimum atomic E-state index is 0.0271.